The number of carbonyl (C=O) groups is 1. The molecule has 3 rings (SSSR count). The average Bonchev–Trinajstić information content (AvgIpc) is 2.86. The molecule has 0 radical (unpaired) electrons. The molecule has 0 unspecified atom stereocenters. The number of carboxylic acid groups (broad SMARTS) is 1. The normalized spacial score (nSPS) is 12.5. The number of alkyl halides is 3. The summed E-state index contributed by atoms with van der Waals surface area (Å²) in [5, 5.41) is 14.4. The average molecular weight is 412 g/mol. The summed E-state index contributed by atoms with van der Waals surface area (Å²) in [7, 11) is -4.79. The third-order valence-corrected chi connectivity index (χ3v) is 5.40. The van der Waals surface area contributed by atoms with E-state index < -0.39 is 32.6 Å². The lowest BCUT2D eigenvalue weighted by atomic mass is 10.1. The van der Waals surface area contributed by atoms with E-state index in [1.165, 1.54) is 11.5 Å². The second-order valence-electron chi connectivity index (χ2n) is 6.23. The summed E-state index contributed by atoms with van der Waals surface area (Å²) in [4.78, 5) is 10.7. The highest BCUT2D eigenvalue weighted by atomic mass is 32.2. The van der Waals surface area contributed by atoms with Crippen LogP contribution in [0.5, 0.6) is 0 Å². The van der Waals surface area contributed by atoms with Crippen molar-refractivity contribution < 1.29 is 31.5 Å². The number of sulfonamides is 1. The number of nitrogens with two attached hydrogens (primary N) is 1. The minimum Gasteiger partial charge on any atom is -0.477 e. The summed E-state index contributed by atoms with van der Waals surface area (Å²) in [6.07, 6.45) is -4.98. The van der Waals surface area contributed by atoms with Crippen LogP contribution in [0.15, 0.2) is 47.4 Å². The highest BCUT2D eigenvalue weighted by Crippen LogP contribution is 2.40. The second-order valence-corrected chi connectivity index (χ2v) is 7.73. The van der Waals surface area contributed by atoms with Gasteiger partial charge in [0.25, 0.3) is 0 Å². The molecule has 28 heavy (non-hydrogen) atoms. The maximum Gasteiger partial charge on any atom is 0.417 e. The van der Waals surface area contributed by atoms with Crippen LogP contribution in [0.2, 0.25) is 0 Å². The van der Waals surface area contributed by atoms with E-state index in [0.717, 1.165) is 6.07 Å². The van der Waals surface area contributed by atoms with Crippen LogP contribution in [0, 0.1) is 6.92 Å². The summed E-state index contributed by atoms with van der Waals surface area (Å²) in [6.45, 7) is 1.30. The van der Waals surface area contributed by atoms with Gasteiger partial charge in [-0.2, -0.15) is 13.2 Å². The summed E-state index contributed by atoms with van der Waals surface area (Å²) in [5.74, 6) is -1.39. The molecule has 0 fully saturated rings. The number of benzene rings is 2. The van der Waals surface area contributed by atoms with Crippen molar-refractivity contribution in [1.82, 2.24) is 4.57 Å². The number of primary sulfonamides is 1. The van der Waals surface area contributed by atoms with Gasteiger partial charge in [0.15, 0.2) is 0 Å². The van der Waals surface area contributed by atoms with Crippen LogP contribution in [0.1, 0.15) is 27.2 Å². The van der Waals surface area contributed by atoms with Crippen molar-refractivity contribution in [3.63, 3.8) is 0 Å². The minimum absolute atomic E-state index is 0.0300. The molecule has 0 aliphatic carbocycles. The van der Waals surface area contributed by atoms with E-state index in [1.54, 1.807) is 30.3 Å². The highest BCUT2D eigenvalue weighted by Gasteiger charge is 2.39. The van der Waals surface area contributed by atoms with Crippen LogP contribution in [0.3, 0.4) is 0 Å². The molecule has 3 N–H and O–H groups in total. The van der Waals surface area contributed by atoms with E-state index in [9.17, 15) is 31.5 Å². The summed E-state index contributed by atoms with van der Waals surface area (Å²) in [5.41, 5.74) is -1.11. The van der Waals surface area contributed by atoms with Crippen LogP contribution in [0.25, 0.3) is 10.9 Å². The van der Waals surface area contributed by atoms with Crippen LogP contribution < -0.4 is 5.14 Å². The third kappa shape index (κ3) is 3.36. The molecule has 0 spiro atoms. The number of fused-ring (bicyclic) bond motifs is 1. The van der Waals surface area contributed by atoms with E-state index in [4.69, 9.17) is 5.14 Å². The Labute approximate surface area is 158 Å². The van der Waals surface area contributed by atoms with E-state index in [-0.39, 0.29) is 28.7 Å². The number of halogens is 3. The number of aromatic carboxylic acids is 1. The van der Waals surface area contributed by atoms with Crippen LogP contribution in [0.4, 0.5) is 13.2 Å². The van der Waals surface area contributed by atoms with Crippen LogP contribution in [-0.2, 0) is 22.7 Å². The Morgan fingerprint density at radius 2 is 1.75 bits per heavy atom. The Hall–Kier alpha value is -2.85. The third-order valence-electron chi connectivity index (χ3n) is 4.40. The Kier molecular flexibility index (Phi) is 4.72. The van der Waals surface area contributed by atoms with Gasteiger partial charge in [0, 0.05) is 11.9 Å². The number of carboxylic acids is 1. The molecule has 0 aliphatic heterocycles. The predicted molar refractivity (Wildman–Crippen MR) is 95.6 cm³/mol. The number of hydrogen-bond donors (Lipinski definition) is 2. The molecule has 148 valence electrons. The molecule has 3 aromatic rings. The molecule has 6 nitrogen and oxygen atoms in total. The first-order chi connectivity index (χ1) is 12.9. The van der Waals surface area contributed by atoms with Crippen molar-refractivity contribution in [2.75, 3.05) is 0 Å². The first-order valence-electron chi connectivity index (χ1n) is 7.96. The molecule has 0 aliphatic rings. The lowest BCUT2D eigenvalue weighted by Gasteiger charge is -2.14. The van der Waals surface area contributed by atoms with Gasteiger partial charge >= 0.3 is 12.1 Å². The van der Waals surface area contributed by atoms with Gasteiger partial charge in [-0.1, -0.05) is 30.3 Å². The van der Waals surface area contributed by atoms with Gasteiger partial charge < -0.3 is 9.67 Å². The molecule has 0 amide bonds. The maximum atomic E-state index is 13.4. The largest absolute Gasteiger partial charge is 0.477 e. The zero-order valence-corrected chi connectivity index (χ0v) is 15.3. The molecule has 1 aromatic heterocycles. The van der Waals surface area contributed by atoms with E-state index in [0.29, 0.717) is 11.6 Å². The van der Waals surface area contributed by atoms with Crippen molar-refractivity contribution >= 4 is 26.9 Å². The summed E-state index contributed by atoms with van der Waals surface area (Å²) >= 11 is 0. The van der Waals surface area contributed by atoms with E-state index in [2.05, 4.69) is 0 Å². The molecule has 0 saturated carbocycles. The molecule has 0 atom stereocenters. The molecule has 1 heterocycles. The fourth-order valence-corrected chi connectivity index (χ4v) is 4.36. The van der Waals surface area contributed by atoms with Gasteiger partial charge in [-0.25, -0.2) is 18.4 Å². The highest BCUT2D eigenvalue weighted by molar-refractivity contribution is 7.89. The SMILES string of the molecule is Cc1c(C(=O)O)n(Cc2ccccc2)c2ccc(C(F)(F)F)c(S(N)(=O)=O)c12. The monoisotopic (exact) mass is 412 g/mol. The first-order valence-corrected chi connectivity index (χ1v) is 9.50. The Balaban J connectivity index is 2.46. The maximum absolute atomic E-state index is 13.4. The van der Waals surface area contributed by atoms with Crippen molar-refractivity contribution in [3.8, 4) is 0 Å². The lowest BCUT2D eigenvalue weighted by molar-refractivity contribution is -0.139. The first kappa shape index (κ1) is 19.9. The number of nitrogens with zero attached hydrogens (tertiary/aromatic N) is 1. The second kappa shape index (κ2) is 6.64. The molecule has 0 bridgehead atoms. The summed E-state index contributed by atoms with van der Waals surface area (Å²) < 4.78 is 65.6. The number of rotatable bonds is 4. The van der Waals surface area contributed by atoms with Crippen molar-refractivity contribution in [2.24, 2.45) is 5.14 Å². The standard InChI is InChI=1S/C18H15F3N2O4S/c1-10-14-13(8-7-12(18(19,20)21)16(14)28(22,26)27)23(15(10)17(24)25)9-11-5-3-2-4-6-11/h2-8H,9H2,1H3,(H,24,25)(H2,22,26,27). The van der Waals surface area contributed by atoms with Gasteiger partial charge in [0.2, 0.25) is 10.0 Å². The lowest BCUT2D eigenvalue weighted by Crippen LogP contribution is -2.19. The Bertz CT molecular complexity index is 1180. The van der Waals surface area contributed by atoms with Crippen molar-refractivity contribution in [3.05, 3.63) is 64.8 Å². The fraction of sp³-hybridized carbons (Fsp3) is 0.167. The molecule has 10 heteroatoms. The van der Waals surface area contributed by atoms with E-state index >= 15 is 0 Å². The molecular weight excluding hydrogens is 397 g/mol. The smallest absolute Gasteiger partial charge is 0.417 e. The zero-order chi connectivity index (χ0) is 20.9. The Morgan fingerprint density at radius 1 is 1.14 bits per heavy atom. The van der Waals surface area contributed by atoms with Gasteiger partial charge in [-0.3, -0.25) is 0 Å². The van der Waals surface area contributed by atoms with Crippen molar-refractivity contribution in [1.29, 1.82) is 0 Å². The number of hydrogen-bond acceptors (Lipinski definition) is 3. The molecular formula is C18H15F3N2O4S. The quantitative estimate of drug-likeness (QED) is 0.686. The van der Waals surface area contributed by atoms with Gasteiger partial charge in [-0.05, 0) is 30.2 Å². The van der Waals surface area contributed by atoms with Crippen LogP contribution in [-0.4, -0.2) is 24.1 Å². The van der Waals surface area contributed by atoms with Gasteiger partial charge in [0.05, 0.1) is 11.1 Å². The Morgan fingerprint density at radius 3 is 2.25 bits per heavy atom. The zero-order valence-electron chi connectivity index (χ0n) is 14.5. The number of aromatic nitrogens is 1. The minimum atomic E-state index is -4.98. The molecule has 0 saturated heterocycles. The topological polar surface area (TPSA) is 102 Å². The fourth-order valence-electron chi connectivity index (χ4n) is 3.33. The van der Waals surface area contributed by atoms with Gasteiger partial charge in [-0.15, -0.1) is 0 Å². The van der Waals surface area contributed by atoms with Gasteiger partial charge in [0.1, 0.15) is 10.6 Å². The predicted octanol–water partition coefficient (Wildman–Crippen LogP) is 3.36. The van der Waals surface area contributed by atoms with E-state index in [1.807, 2.05) is 0 Å². The molecule has 2 aromatic carbocycles. The number of aryl methyl sites for hydroxylation is 1. The van der Waals surface area contributed by atoms with Crippen LogP contribution >= 0.6 is 0 Å². The van der Waals surface area contributed by atoms with Crippen molar-refractivity contribution in [2.45, 2.75) is 24.5 Å². The summed E-state index contributed by atoms with van der Waals surface area (Å²) in [6, 6.07) is 10.3.